The summed E-state index contributed by atoms with van der Waals surface area (Å²) in [4.78, 5) is 27.9. The molecule has 1 aromatic carbocycles. The summed E-state index contributed by atoms with van der Waals surface area (Å²) in [6.07, 6.45) is 2.13. The van der Waals surface area contributed by atoms with Crippen molar-refractivity contribution in [2.24, 2.45) is 0 Å². The standard InChI is InChI=1S/C17H18ClN3O5S/c1-3-8-19-15(22)11-6-7-13(18)14(10-11)27(24,25)21-16(23)12-5-4-9-20-17(12)26-2/h4-7,9-10H,3,8H2,1-2H3,(H,19,22)(H,21,23). The van der Waals surface area contributed by atoms with Gasteiger partial charge in [0.2, 0.25) is 5.88 Å². The first-order valence-corrected chi connectivity index (χ1v) is 9.80. The number of rotatable bonds is 7. The van der Waals surface area contributed by atoms with E-state index in [0.717, 1.165) is 12.5 Å². The Morgan fingerprint density at radius 1 is 1.22 bits per heavy atom. The summed E-state index contributed by atoms with van der Waals surface area (Å²) in [7, 11) is -3.03. The molecule has 8 nitrogen and oxygen atoms in total. The number of carbonyl (C=O) groups excluding carboxylic acids is 2. The fourth-order valence-corrected chi connectivity index (χ4v) is 3.64. The van der Waals surface area contributed by atoms with Gasteiger partial charge >= 0.3 is 0 Å². The van der Waals surface area contributed by atoms with Crippen LogP contribution >= 0.6 is 11.6 Å². The van der Waals surface area contributed by atoms with E-state index in [1.165, 1.54) is 37.6 Å². The maximum absolute atomic E-state index is 12.6. The summed E-state index contributed by atoms with van der Waals surface area (Å²) >= 11 is 5.98. The SMILES string of the molecule is CCCNC(=O)c1ccc(Cl)c(S(=O)(=O)NC(=O)c2cccnc2OC)c1. The Balaban J connectivity index is 2.33. The molecule has 10 heteroatoms. The van der Waals surface area contributed by atoms with Crippen LogP contribution < -0.4 is 14.8 Å². The molecule has 0 bridgehead atoms. The van der Waals surface area contributed by atoms with Crippen LogP contribution in [0, 0.1) is 0 Å². The molecule has 0 radical (unpaired) electrons. The van der Waals surface area contributed by atoms with E-state index in [4.69, 9.17) is 16.3 Å². The van der Waals surface area contributed by atoms with Crippen LogP contribution in [0.15, 0.2) is 41.4 Å². The molecule has 2 N–H and O–H groups in total. The average Bonchev–Trinajstić information content (AvgIpc) is 2.65. The second-order valence-electron chi connectivity index (χ2n) is 5.40. The van der Waals surface area contributed by atoms with Crippen molar-refractivity contribution < 1.29 is 22.7 Å². The number of sulfonamides is 1. The van der Waals surface area contributed by atoms with Crippen LogP contribution in [0.4, 0.5) is 0 Å². The third kappa shape index (κ3) is 4.95. The predicted octanol–water partition coefficient (Wildman–Crippen LogP) is 2.00. The van der Waals surface area contributed by atoms with Crippen molar-refractivity contribution in [2.45, 2.75) is 18.2 Å². The molecule has 27 heavy (non-hydrogen) atoms. The molecule has 2 rings (SSSR count). The number of nitrogens with one attached hydrogen (secondary N) is 2. The molecule has 0 spiro atoms. The Kier molecular flexibility index (Phi) is 6.75. The number of pyridine rings is 1. The first-order valence-electron chi connectivity index (χ1n) is 7.94. The summed E-state index contributed by atoms with van der Waals surface area (Å²) in [5.41, 5.74) is 0.0520. The minimum atomic E-state index is -4.33. The molecule has 0 unspecified atom stereocenters. The van der Waals surface area contributed by atoms with Gasteiger partial charge in [0, 0.05) is 18.3 Å². The van der Waals surface area contributed by atoms with Crippen LogP contribution in [-0.2, 0) is 10.0 Å². The highest BCUT2D eigenvalue weighted by atomic mass is 35.5. The highest BCUT2D eigenvalue weighted by molar-refractivity contribution is 7.90. The molecule has 0 saturated heterocycles. The van der Waals surface area contributed by atoms with Crippen molar-refractivity contribution >= 4 is 33.4 Å². The molecular weight excluding hydrogens is 394 g/mol. The smallest absolute Gasteiger partial charge is 0.270 e. The molecule has 0 aliphatic rings. The molecule has 144 valence electrons. The van der Waals surface area contributed by atoms with Crippen LogP contribution in [0.5, 0.6) is 5.88 Å². The molecule has 0 atom stereocenters. The van der Waals surface area contributed by atoms with Crippen molar-refractivity contribution in [3.05, 3.63) is 52.7 Å². The monoisotopic (exact) mass is 411 g/mol. The molecule has 1 heterocycles. The van der Waals surface area contributed by atoms with Crippen LogP contribution in [-0.4, -0.2) is 38.9 Å². The molecule has 0 saturated carbocycles. The van der Waals surface area contributed by atoms with Gasteiger partial charge in [0.05, 0.1) is 12.1 Å². The summed E-state index contributed by atoms with van der Waals surface area (Å²) in [5, 5.41) is 2.51. The van der Waals surface area contributed by atoms with Gasteiger partial charge in [0.1, 0.15) is 10.5 Å². The highest BCUT2D eigenvalue weighted by Crippen LogP contribution is 2.23. The van der Waals surface area contributed by atoms with Crippen LogP contribution in [0.3, 0.4) is 0 Å². The Hall–Kier alpha value is -2.65. The maximum atomic E-state index is 12.6. The fraction of sp³-hybridized carbons (Fsp3) is 0.235. The van der Waals surface area contributed by atoms with Crippen LogP contribution in [0.1, 0.15) is 34.1 Å². The lowest BCUT2D eigenvalue weighted by atomic mass is 10.2. The Morgan fingerprint density at radius 3 is 2.63 bits per heavy atom. The third-order valence-electron chi connectivity index (χ3n) is 3.45. The van der Waals surface area contributed by atoms with Crippen molar-refractivity contribution in [2.75, 3.05) is 13.7 Å². The first kappa shape index (κ1) is 20.7. The van der Waals surface area contributed by atoms with Gasteiger partial charge in [-0.2, -0.15) is 0 Å². The first-order chi connectivity index (χ1) is 12.8. The minimum Gasteiger partial charge on any atom is -0.480 e. The molecular formula is C17H18ClN3O5S. The Morgan fingerprint density at radius 2 is 1.96 bits per heavy atom. The van der Waals surface area contributed by atoms with Crippen molar-refractivity contribution in [1.29, 1.82) is 0 Å². The Labute approximate surface area is 161 Å². The highest BCUT2D eigenvalue weighted by Gasteiger charge is 2.25. The quantitative estimate of drug-likeness (QED) is 0.720. The number of benzene rings is 1. The molecule has 1 aromatic heterocycles. The number of nitrogens with zero attached hydrogens (tertiary/aromatic N) is 1. The molecule has 0 aliphatic heterocycles. The average molecular weight is 412 g/mol. The van der Waals surface area contributed by atoms with Gasteiger partial charge < -0.3 is 10.1 Å². The number of aromatic nitrogens is 1. The normalized spacial score (nSPS) is 10.9. The summed E-state index contributed by atoms with van der Waals surface area (Å²) < 4.78 is 32.1. The number of ether oxygens (including phenoxy) is 1. The van der Waals surface area contributed by atoms with E-state index in [9.17, 15) is 18.0 Å². The number of hydrogen-bond acceptors (Lipinski definition) is 6. The zero-order chi connectivity index (χ0) is 20.0. The summed E-state index contributed by atoms with van der Waals surface area (Å²) in [6.45, 7) is 2.33. The lowest BCUT2D eigenvalue weighted by Crippen LogP contribution is -2.31. The van der Waals surface area contributed by atoms with Crippen molar-refractivity contribution in [3.63, 3.8) is 0 Å². The molecule has 2 aromatic rings. The fourth-order valence-electron chi connectivity index (χ4n) is 2.15. The molecule has 0 fully saturated rings. The lowest BCUT2D eigenvalue weighted by Gasteiger charge is -2.11. The summed E-state index contributed by atoms with van der Waals surface area (Å²) in [5.74, 6) is -1.40. The number of amides is 2. The lowest BCUT2D eigenvalue weighted by molar-refractivity contribution is 0.0951. The van der Waals surface area contributed by atoms with Gasteiger partial charge in [-0.25, -0.2) is 18.1 Å². The zero-order valence-electron chi connectivity index (χ0n) is 14.7. The second-order valence-corrected chi connectivity index (χ2v) is 7.45. The molecule has 2 amide bonds. The van der Waals surface area contributed by atoms with Gasteiger partial charge in [-0.15, -0.1) is 0 Å². The van der Waals surface area contributed by atoms with Crippen LogP contribution in [0.2, 0.25) is 5.02 Å². The van der Waals surface area contributed by atoms with Crippen LogP contribution in [0.25, 0.3) is 0 Å². The van der Waals surface area contributed by atoms with E-state index in [-0.39, 0.29) is 26.9 Å². The molecule has 0 aliphatic carbocycles. The van der Waals surface area contributed by atoms with Crippen molar-refractivity contribution in [1.82, 2.24) is 15.0 Å². The topological polar surface area (TPSA) is 114 Å². The number of methoxy groups -OCH3 is 1. The van der Waals surface area contributed by atoms with Gasteiger partial charge in [-0.1, -0.05) is 18.5 Å². The van der Waals surface area contributed by atoms with E-state index in [1.54, 1.807) is 0 Å². The Bertz CT molecular complexity index is 963. The largest absolute Gasteiger partial charge is 0.480 e. The zero-order valence-corrected chi connectivity index (χ0v) is 16.2. The summed E-state index contributed by atoms with van der Waals surface area (Å²) in [6, 6.07) is 6.64. The minimum absolute atomic E-state index is 0.0241. The number of hydrogen-bond donors (Lipinski definition) is 2. The van der Waals surface area contributed by atoms with E-state index < -0.39 is 21.8 Å². The predicted molar refractivity (Wildman–Crippen MR) is 99.5 cm³/mol. The number of halogens is 1. The van der Waals surface area contributed by atoms with Gasteiger partial charge in [0.15, 0.2) is 0 Å². The maximum Gasteiger partial charge on any atom is 0.270 e. The third-order valence-corrected chi connectivity index (χ3v) is 5.27. The number of carbonyl (C=O) groups is 2. The van der Waals surface area contributed by atoms with E-state index in [0.29, 0.717) is 6.54 Å². The van der Waals surface area contributed by atoms with E-state index in [1.807, 2.05) is 11.6 Å². The van der Waals surface area contributed by atoms with E-state index >= 15 is 0 Å². The van der Waals surface area contributed by atoms with Gasteiger partial charge in [-0.3, -0.25) is 9.59 Å². The van der Waals surface area contributed by atoms with Gasteiger partial charge in [-0.05, 0) is 36.8 Å². The second kappa shape index (κ2) is 8.83. The van der Waals surface area contributed by atoms with E-state index in [2.05, 4.69) is 10.3 Å². The van der Waals surface area contributed by atoms with Crippen molar-refractivity contribution in [3.8, 4) is 5.88 Å². The van der Waals surface area contributed by atoms with Gasteiger partial charge in [0.25, 0.3) is 21.8 Å².